The minimum absolute atomic E-state index is 0.189. The van der Waals surface area contributed by atoms with Gasteiger partial charge in [-0.25, -0.2) is 13.2 Å². The number of hydrogen-bond acceptors (Lipinski definition) is 5. The molecule has 0 aliphatic carbocycles. The Labute approximate surface area is 232 Å². The van der Waals surface area contributed by atoms with Gasteiger partial charge in [-0.15, -0.1) is 0 Å². The summed E-state index contributed by atoms with van der Waals surface area (Å²) in [6.07, 6.45) is 16.8. The van der Waals surface area contributed by atoms with Crippen LogP contribution in [0.25, 0.3) is 0 Å². The largest absolute Gasteiger partial charge is 0.420 e. The van der Waals surface area contributed by atoms with E-state index in [0.717, 1.165) is 44.8 Å². The molecule has 226 valence electrons. The molecule has 0 radical (unpaired) electrons. The number of nitrogens with one attached hydrogen (secondary N) is 1. The number of ether oxygens (including phenoxy) is 1. The summed E-state index contributed by atoms with van der Waals surface area (Å²) in [7, 11) is 0. The van der Waals surface area contributed by atoms with E-state index in [4.69, 9.17) is 0 Å². The number of benzene rings is 1. The van der Waals surface area contributed by atoms with Crippen molar-refractivity contribution in [3.8, 4) is 5.75 Å². The topological polar surface area (TPSA) is 89.5 Å². The zero-order valence-electron chi connectivity index (χ0n) is 22.9. The second-order valence-corrected chi connectivity index (χ2v) is 9.88. The van der Waals surface area contributed by atoms with E-state index >= 15 is 0 Å². The van der Waals surface area contributed by atoms with Gasteiger partial charge in [-0.2, -0.15) is 8.78 Å². The molecule has 1 atom stereocenters. The molecule has 1 rings (SSSR count). The van der Waals surface area contributed by atoms with Crippen LogP contribution in [0.15, 0.2) is 0 Å². The average molecular weight is 578 g/mol. The van der Waals surface area contributed by atoms with Crippen molar-refractivity contribution in [2.75, 3.05) is 0 Å². The average Bonchev–Trinajstić information content (AvgIpc) is 2.95. The number of esters is 1. The normalized spacial score (nSPS) is 11.7. The fourth-order valence-corrected chi connectivity index (χ4v) is 4.20. The van der Waals surface area contributed by atoms with Crippen LogP contribution in [0.5, 0.6) is 5.75 Å². The van der Waals surface area contributed by atoms with Gasteiger partial charge in [0, 0.05) is 19.3 Å². The minimum atomic E-state index is -2.38. The molecule has 0 saturated heterocycles. The summed E-state index contributed by atoms with van der Waals surface area (Å²) in [6, 6.07) is -1.07. The van der Waals surface area contributed by atoms with Crippen LogP contribution < -0.4 is 10.1 Å². The van der Waals surface area contributed by atoms with Gasteiger partial charge in [0.1, 0.15) is 12.6 Å². The van der Waals surface area contributed by atoms with E-state index in [1.807, 2.05) is 0 Å². The molecule has 1 aromatic rings. The van der Waals surface area contributed by atoms with Crippen LogP contribution in [-0.4, -0.2) is 30.5 Å². The molecule has 0 heterocycles. The number of carbonyl (C=O) groups excluding carboxylic acids is 4. The molecular formula is C29H40F5NO5. The Balaban J connectivity index is 2.12. The quantitative estimate of drug-likeness (QED) is 0.0283. The van der Waals surface area contributed by atoms with E-state index in [1.54, 1.807) is 0 Å². The number of unbranched alkanes of at least 4 members (excludes halogenated alkanes) is 14. The molecule has 40 heavy (non-hydrogen) atoms. The summed E-state index contributed by atoms with van der Waals surface area (Å²) in [6.45, 7) is 0. The lowest BCUT2D eigenvalue weighted by molar-refractivity contribution is -0.135. The van der Waals surface area contributed by atoms with Crippen LogP contribution in [0, 0.1) is 29.1 Å². The van der Waals surface area contributed by atoms with Crippen LogP contribution in [0.2, 0.25) is 0 Å². The van der Waals surface area contributed by atoms with Crippen LogP contribution in [0.4, 0.5) is 22.0 Å². The van der Waals surface area contributed by atoms with Gasteiger partial charge in [0.15, 0.2) is 0 Å². The number of halogens is 5. The molecule has 0 saturated carbocycles. The SMILES string of the molecule is O=CCCCCCCCCCCCCCCCCC(=O)NC(C=O)CCC(=O)Oc1c(F)c(F)c(F)c(F)c1F. The van der Waals surface area contributed by atoms with E-state index in [9.17, 15) is 41.1 Å². The monoisotopic (exact) mass is 577 g/mol. The lowest BCUT2D eigenvalue weighted by Crippen LogP contribution is -2.36. The highest BCUT2D eigenvalue weighted by Crippen LogP contribution is 2.29. The highest BCUT2D eigenvalue weighted by atomic mass is 19.2. The Bertz CT molecular complexity index is 915. The lowest BCUT2D eigenvalue weighted by Gasteiger charge is -2.13. The first kappa shape index (κ1) is 35.2. The van der Waals surface area contributed by atoms with Gasteiger partial charge in [0.05, 0.1) is 6.04 Å². The zero-order valence-corrected chi connectivity index (χ0v) is 22.9. The van der Waals surface area contributed by atoms with E-state index in [2.05, 4.69) is 10.1 Å². The molecule has 1 N–H and O–H groups in total. The standard InChI is InChI=1S/C29H40F5NO5/c30-24-25(31)27(33)29(28(34)26(24)32)40-23(39)18-17-21(20-37)35-22(38)16-14-12-10-8-6-4-2-1-3-5-7-9-11-13-15-19-36/h19-21H,1-18H2,(H,35,38). The highest BCUT2D eigenvalue weighted by molar-refractivity contribution is 5.80. The summed E-state index contributed by atoms with van der Waals surface area (Å²) in [5.74, 6) is -14.9. The van der Waals surface area contributed by atoms with Crippen molar-refractivity contribution in [1.82, 2.24) is 5.32 Å². The van der Waals surface area contributed by atoms with Gasteiger partial charge < -0.3 is 19.6 Å². The third-order valence-corrected chi connectivity index (χ3v) is 6.53. The predicted molar refractivity (Wildman–Crippen MR) is 139 cm³/mol. The van der Waals surface area contributed by atoms with Crippen molar-refractivity contribution in [1.29, 1.82) is 0 Å². The zero-order chi connectivity index (χ0) is 29.8. The number of hydrogen-bond donors (Lipinski definition) is 1. The van der Waals surface area contributed by atoms with Crippen LogP contribution >= 0.6 is 0 Å². The van der Waals surface area contributed by atoms with Gasteiger partial charge >= 0.3 is 5.97 Å². The summed E-state index contributed by atoms with van der Waals surface area (Å²) in [5, 5.41) is 2.44. The Kier molecular flexibility index (Phi) is 18.4. The van der Waals surface area contributed by atoms with Crippen molar-refractivity contribution >= 4 is 24.4 Å². The third kappa shape index (κ3) is 14.0. The van der Waals surface area contributed by atoms with E-state index in [0.29, 0.717) is 19.1 Å². The second kappa shape index (κ2) is 21.0. The Morgan fingerprint density at radius 2 is 1.05 bits per heavy atom. The van der Waals surface area contributed by atoms with Crippen molar-refractivity contribution in [2.45, 2.75) is 122 Å². The van der Waals surface area contributed by atoms with Gasteiger partial charge in [0.2, 0.25) is 40.7 Å². The summed E-state index contributed by atoms with van der Waals surface area (Å²) < 4.78 is 71.0. The Morgan fingerprint density at radius 1 is 0.625 bits per heavy atom. The summed E-state index contributed by atoms with van der Waals surface area (Å²) in [4.78, 5) is 45.4. The lowest BCUT2D eigenvalue weighted by atomic mass is 10.0. The number of amides is 1. The molecule has 0 aliphatic rings. The third-order valence-electron chi connectivity index (χ3n) is 6.53. The van der Waals surface area contributed by atoms with Crippen molar-refractivity contribution in [3.05, 3.63) is 29.1 Å². The maximum atomic E-state index is 13.6. The molecule has 1 aromatic carbocycles. The van der Waals surface area contributed by atoms with E-state index in [1.165, 1.54) is 44.9 Å². The van der Waals surface area contributed by atoms with Gasteiger partial charge in [-0.3, -0.25) is 9.59 Å². The maximum Gasteiger partial charge on any atom is 0.311 e. The molecule has 1 amide bonds. The molecule has 0 aliphatic heterocycles. The maximum absolute atomic E-state index is 13.6. The Hall–Kier alpha value is -2.85. The smallest absolute Gasteiger partial charge is 0.311 e. The highest BCUT2D eigenvalue weighted by Gasteiger charge is 2.28. The number of aldehydes is 2. The van der Waals surface area contributed by atoms with E-state index in [-0.39, 0.29) is 12.8 Å². The first-order valence-corrected chi connectivity index (χ1v) is 14.1. The molecular weight excluding hydrogens is 537 g/mol. The molecule has 1 unspecified atom stereocenters. The van der Waals surface area contributed by atoms with Gasteiger partial charge in [0.25, 0.3) is 0 Å². The second-order valence-electron chi connectivity index (χ2n) is 9.88. The Morgan fingerprint density at radius 3 is 1.50 bits per heavy atom. The fraction of sp³-hybridized carbons (Fsp3) is 0.655. The van der Waals surface area contributed by atoms with E-state index < -0.39 is 59.2 Å². The molecule has 0 bridgehead atoms. The molecule has 11 heteroatoms. The molecule has 0 aromatic heterocycles. The van der Waals surface area contributed by atoms with Crippen molar-refractivity contribution < 1.29 is 45.9 Å². The first-order valence-electron chi connectivity index (χ1n) is 14.1. The van der Waals surface area contributed by atoms with Crippen LogP contribution in [0.1, 0.15) is 116 Å². The fourth-order valence-electron chi connectivity index (χ4n) is 4.20. The minimum Gasteiger partial charge on any atom is -0.420 e. The predicted octanol–water partition coefficient (Wildman–Crippen LogP) is 7.19. The van der Waals surface area contributed by atoms with Crippen molar-refractivity contribution in [2.24, 2.45) is 0 Å². The first-order chi connectivity index (χ1) is 19.2. The number of rotatable bonds is 23. The number of carbonyl (C=O) groups is 4. The van der Waals surface area contributed by atoms with Gasteiger partial charge in [-0.05, 0) is 19.3 Å². The summed E-state index contributed by atoms with van der Waals surface area (Å²) in [5.41, 5.74) is 0. The molecule has 6 nitrogen and oxygen atoms in total. The van der Waals surface area contributed by atoms with Crippen LogP contribution in [-0.2, 0) is 19.2 Å². The molecule has 0 fully saturated rings. The summed E-state index contributed by atoms with van der Waals surface area (Å²) >= 11 is 0. The molecule has 0 spiro atoms. The van der Waals surface area contributed by atoms with Crippen LogP contribution in [0.3, 0.4) is 0 Å². The van der Waals surface area contributed by atoms with Gasteiger partial charge in [-0.1, -0.05) is 77.0 Å². The van der Waals surface area contributed by atoms with Crippen molar-refractivity contribution in [3.63, 3.8) is 0 Å².